The summed E-state index contributed by atoms with van der Waals surface area (Å²) >= 11 is 0. The minimum atomic E-state index is 0.611. The van der Waals surface area contributed by atoms with Gasteiger partial charge in [-0.15, -0.1) is 0 Å². The molecule has 2 fully saturated rings. The molecule has 1 unspecified atom stereocenters. The predicted molar refractivity (Wildman–Crippen MR) is 54.5 cm³/mol. The Morgan fingerprint density at radius 2 is 2.15 bits per heavy atom. The normalized spacial score (nSPS) is 40.0. The zero-order valence-electron chi connectivity index (χ0n) is 8.00. The third-order valence-electron chi connectivity index (χ3n) is 3.86. The first-order valence-corrected chi connectivity index (χ1v) is 5.46. The van der Waals surface area contributed by atoms with Gasteiger partial charge in [-0.2, -0.15) is 0 Å². The van der Waals surface area contributed by atoms with E-state index in [0.717, 1.165) is 11.8 Å². The van der Waals surface area contributed by atoms with Crippen molar-refractivity contribution < 1.29 is 0 Å². The molecule has 2 atom stereocenters. The third kappa shape index (κ3) is 1.35. The molecule has 3 aliphatic rings. The van der Waals surface area contributed by atoms with Gasteiger partial charge in [0.2, 0.25) is 0 Å². The summed E-state index contributed by atoms with van der Waals surface area (Å²) in [6.07, 6.45) is 14.6. The first kappa shape index (κ1) is 7.81. The highest BCUT2D eigenvalue weighted by Crippen LogP contribution is 2.47. The van der Waals surface area contributed by atoms with Crippen LogP contribution in [0.1, 0.15) is 25.7 Å². The molecular formula is C12H17N. The van der Waals surface area contributed by atoms with Crippen LogP contribution >= 0.6 is 0 Å². The standard InChI is InChI=1S/C12H17N/c1-2-4-10(5-3-1)11-8-12(6-7-12)13-9-11/h1-4,10-11,13H,5-9H2/t10?,11-/m0/s1. The van der Waals surface area contributed by atoms with Crippen molar-refractivity contribution in [1.29, 1.82) is 0 Å². The van der Waals surface area contributed by atoms with Gasteiger partial charge in [0.15, 0.2) is 0 Å². The molecule has 1 saturated heterocycles. The molecule has 1 heteroatoms. The fourth-order valence-corrected chi connectivity index (χ4v) is 2.78. The second-order valence-electron chi connectivity index (χ2n) is 4.84. The Labute approximate surface area is 79.9 Å². The van der Waals surface area contributed by atoms with Crippen molar-refractivity contribution in [2.24, 2.45) is 11.8 Å². The van der Waals surface area contributed by atoms with Crippen molar-refractivity contribution >= 4 is 0 Å². The Morgan fingerprint density at radius 3 is 2.77 bits per heavy atom. The highest BCUT2D eigenvalue weighted by atomic mass is 15.1. The van der Waals surface area contributed by atoms with E-state index in [1.807, 2.05) is 0 Å². The molecule has 1 heterocycles. The lowest BCUT2D eigenvalue weighted by Crippen LogP contribution is -2.22. The van der Waals surface area contributed by atoms with Crippen molar-refractivity contribution in [2.45, 2.75) is 31.2 Å². The maximum absolute atomic E-state index is 3.70. The number of nitrogens with one attached hydrogen (secondary N) is 1. The summed E-state index contributed by atoms with van der Waals surface area (Å²) in [7, 11) is 0. The van der Waals surface area contributed by atoms with Crippen LogP contribution in [-0.2, 0) is 0 Å². The van der Waals surface area contributed by atoms with Gasteiger partial charge in [-0.3, -0.25) is 0 Å². The Bertz CT molecular complexity index is 260. The van der Waals surface area contributed by atoms with Gasteiger partial charge < -0.3 is 5.32 Å². The monoisotopic (exact) mass is 175 g/mol. The molecular weight excluding hydrogens is 158 g/mol. The van der Waals surface area contributed by atoms with Gasteiger partial charge in [0.05, 0.1) is 0 Å². The molecule has 13 heavy (non-hydrogen) atoms. The fourth-order valence-electron chi connectivity index (χ4n) is 2.78. The van der Waals surface area contributed by atoms with Gasteiger partial charge in [0, 0.05) is 5.54 Å². The van der Waals surface area contributed by atoms with Gasteiger partial charge in [-0.25, -0.2) is 0 Å². The van der Waals surface area contributed by atoms with E-state index < -0.39 is 0 Å². The van der Waals surface area contributed by atoms with E-state index in [0.29, 0.717) is 5.54 Å². The van der Waals surface area contributed by atoms with Crippen molar-refractivity contribution in [3.05, 3.63) is 24.3 Å². The number of rotatable bonds is 1. The average molecular weight is 175 g/mol. The van der Waals surface area contributed by atoms with E-state index in [4.69, 9.17) is 0 Å². The van der Waals surface area contributed by atoms with Crippen molar-refractivity contribution in [1.82, 2.24) is 5.32 Å². The summed E-state index contributed by atoms with van der Waals surface area (Å²) in [5.41, 5.74) is 0.611. The minimum Gasteiger partial charge on any atom is -0.311 e. The highest BCUT2D eigenvalue weighted by molar-refractivity contribution is 5.15. The molecule has 0 aromatic rings. The number of allylic oxidation sites excluding steroid dienone is 4. The van der Waals surface area contributed by atoms with Crippen LogP contribution in [0.3, 0.4) is 0 Å². The van der Waals surface area contributed by atoms with E-state index in [1.54, 1.807) is 0 Å². The van der Waals surface area contributed by atoms with Crippen LogP contribution in [0.2, 0.25) is 0 Å². The molecule has 1 aliphatic heterocycles. The van der Waals surface area contributed by atoms with E-state index in [9.17, 15) is 0 Å². The highest BCUT2D eigenvalue weighted by Gasteiger charge is 2.49. The molecule has 0 bridgehead atoms. The Hall–Kier alpha value is -0.560. The van der Waals surface area contributed by atoms with Crippen molar-refractivity contribution in [3.8, 4) is 0 Å². The zero-order chi connectivity index (χ0) is 8.73. The molecule has 0 amide bonds. The van der Waals surface area contributed by atoms with E-state index in [2.05, 4.69) is 29.6 Å². The quantitative estimate of drug-likeness (QED) is 0.644. The first-order chi connectivity index (χ1) is 6.38. The van der Waals surface area contributed by atoms with Crippen molar-refractivity contribution in [2.75, 3.05) is 6.54 Å². The lowest BCUT2D eigenvalue weighted by molar-refractivity contribution is 0.417. The first-order valence-electron chi connectivity index (χ1n) is 5.46. The van der Waals surface area contributed by atoms with Gasteiger partial charge in [-0.05, 0) is 44.1 Å². The number of hydrogen-bond acceptors (Lipinski definition) is 1. The summed E-state index contributed by atoms with van der Waals surface area (Å²) in [6.45, 7) is 1.25. The summed E-state index contributed by atoms with van der Waals surface area (Å²) in [5.74, 6) is 1.72. The second-order valence-corrected chi connectivity index (χ2v) is 4.84. The van der Waals surface area contributed by atoms with E-state index in [-0.39, 0.29) is 0 Å². The third-order valence-corrected chi connectivity index (χ3v) is 3.86. The summed E-state index contributed by atoms with van der Waals surface area (Å²) in [5, 5.41) is 3.70. The van der Waals surface area contributed by atoms with Gasteiger partial charge in [-0.1, -0.05) is 24.3 Å². The molecule has 1 saturated carbocycles. The van der Waals surface area contributed by atoms with Crippen LogP contribution in [0.4, 0.5) is 0 Å². The predicted octanol–water partition coefficient (Wildman–Crippen LogP) is 2.26. The molecule has 1 N–H and O–H groups in total. The SMILES string of the molecule is C1=CCC([C@@H]2CNC3(CC3)C2)C=C1. The largest absolute Gasteiger partial charge is 0.311 e. The molecule has 1 nitrogen and oxygen atoms in total. The lowest BCUT2D eigenvalue weighted by atomic mass is 9.85. The average Bonchev–Trinajstić information content (AvgIpc) is 2.78. The van der Waals surface area contributed by atoms with Gasteiger partial charge in [0.25, 0.3) is 0 Å². The Morgan fingerprint density at radius 1 is 1.23 bits per heavy atom. The molecule has 0 aromatic heterocycles. The van der Waals surface area contributed by atoms with Gasteiger partial charge >= 0.3 is 0 Å². The van der Waals surface area contributed by atoms with E-state index >= 15 is 0 Å². The van der Waals surface area contributed by atoms with Gasteiger partial charge in [0.1, 0.15) is 0 Å². The van der Waals surface area contributed by atoms with Crippen LogP contribution in [0.25, 0.3) is 0 Å². The Balaban J connectivity index is 1.66. The van der Waals surface area contributed by atoms with Crippen LogP contribution in [0.15, 0.2) is 24.3 Å². The van der Waals surface area contributed by atoms with Crippen LogP contribution in [0, 0.1) is 11.8 Å². The van der Waals surface area contributed by atoms with Crippen LogP contribution in [0.5, 0.6) is 0 Å². The molecule has 0 aromatic carbocycles. The fraction of sp³-hybridized carbons (Fsp3) is 0.667. The maximum Gasteiger partial charge on any atom is 0.0186 e. The summed E-state index contributed by atoms with van der Waals surface area (Å²) in [6, 6.07) is 0. The zero-order valence-corrected chi connectivity index (χ0v) is 8.00. The maximum atomic E-state index is 3.70. The van der Waals surface area contributed by atoms with E-state index in [1.165, 1.54) is 32.2 Å². The molecule has 2 aliphatic carbocycles. The lowest BCUT2D eigenvalue weighted by Gasteiger charge is -2.19. The molecule has 3 rings (SSSR count). The Kier molecular flexibility index (Phi) is 1.63. The molecule has 1 spiro atoms. The summed E-state index contributed by atoms with van der Waals surface area (Å²) in [4.78, 5) is 0. The number of hydrogen-bond donors (Lipinski definition) is 1. The van der Waals surface area contributed by atoms with Crippen LogP contribution < -0.4 is 5.32 Å². The second kappa shape index (κ2) is 2.71. The molecule has 0 radical (unpaired) electrons. The van der Waals surface area contributed by atoms with Crippen molar-refractivity contribution in [3.63, 3.8) is 0 Å². The smallest absolute Gasteiger partial charge is 0.0186 e. The minimum absolute atomic E-state index is 0.611. The van der Waals surface area contributed by atoms with Crippen LogP contribution in [-0.4, -0.2) is 12.1 Å². The topological polar surface area (TPSA) is 12.0 Å². The molecule has 70 valence electrons. The summed E-state index contributed by atoms with van der Waals surface area (Å²) < 4.78 is 0.